The molecule has 0 heterocycles. The number of hydrazone groups is 1. The van der Waals surface area contributed by atoms with Crippen molar-refractivity contribution in [3.05, 3.63) is 23.8 Å². The first kappa shape index (κ1) is 18.8. The normalized spacial score (nSPS) is 15.1. The minimum atomic E-state index is -0.464. The van der Waals surface area contributed by atoms with Crippen LogP contribution in [0.15, 0.2) is 23.3 Å². The molecule has 2 amide bonds. The van der Waals surface area contributed by atoms with Crippen molar-refractivity contribution in [3.8, 4) is 11.5 Å². The van der Waals surface area contributed by atoms with Gasteiger partial charge < -0.3 is 15.2 Å². The summed E-state index contributed by atoms with van der Waals surface area (Å²) in [6.07, 6.45) is 6.61. The highest BCUT2D eigenvalue weighted by atomic mass is 16.5. The van der Waals surface area contributed by atoms with Gasteiger partial charge in [0, 0.05) is 6.04 Å². The Hall–Kier alpha value is -2.57. The highest BCUT2D eigenvalue weighted by Crippen LogP contribution is 2.26. The summed E-state index contributed by atoms with van der Waals surface area (Å²) in [7, 11) is 0. The number of hydrogen-bond donors (Lipinski definition) is 3. The van der Waals surface area contributed by atoms with Crippen LogP contribution in [0.1, 0.15) is 51.0 Å². The number of benzene rings is 1. The molecule has 1 saturated carbocycles. The van der Waals surface area contributed by atoms with Gasteiger partial charge in [0.05, 0.1) is 12.8 Å². The van der Waals surface area contributed by atoms with Crippen molar-refractivity contribution in [2.75, 3.05) is 6.61 Å². The standard InChI is InChI=1S/C18H25N3O4/c1-2-25-16-10-13(8-9-15(16)22)12-19-21-18(24)11-17(23)20-14-6-4-3-5-7-14/h8-10,12,14,22H,2-7,11H2,1H3,(H,20,23)(H,21,24). The monoisotopic (exact) mass is 347 g/mol. The van der Waals surface area contributed by atoms with E-state index in [1.807, 2.05) is 6.92 Å². The van der Waals surface area contributed by atoms with E-state index in [0.717, 1.165) is 25.7 Å². The van der Waals surface area contributed by atoms with Crippen molar-refractivity contribution < 1.29 is 19.4 Å². The molecule has 0 saturated heterocycles. The Kier molecular flexibility index (Phi) is 7.25. The summed E-state index contributed by atoms with van der Waals surface area (Å²) in [4.78, 5) is 23.6. The molecule has 0 spiro atoms. The van der Waals surface area contributed by atoms with Crippen LogP contribution in [-0.2, 0) is 9.59 Å². The van der Waals surface area contributed by atoms with Gasteiger partial charge >= 0.3 is 0 Å². The van der Waals surface area contributed by atoms with Crippen LogP contribution in [0.5, 0.6) is 11.5 Å². The summed E-state index contributed by atoms with van der Waals surface area (Å²) in [6.45, 7) is 2.25. The molecule has 1 aromatic carbocycles. The molecule has 7 heteroatoms. The molecule has 0 radical (unpaired) electrons. The molecule has 25 heavy (non-hydrogen) atoms. The van der Waals surface area contributed by atoms with E-state index in [-0.39, 0.29) is 24.1 Å². The first-order valence-corrected chi connectivity index (χ1v) is 8.65. The highest BCUT2D eigenvalue weighted by Gasteiger charge is 2.17. The number of amides is 2. The molecule has 1 aromatic rings. The molecule has 0 aromatic heterocycles. The van der Waals surface area contributed by atoms with Gasteiger partial charge in [0.2, 0.25) is 11.8 Å². The van der Waals surface area contributed by atoms with Crippen LogP contribution in [0, 0.1) is 0 Å². The second-order valence-corrected chi connectivity index (χ2v) is 6.03. The van der Waals surface area contributed by atoms with Gasteiger partial charge in [-0.15, -0.1) is 0 Å². The Morgan fingerprint density at radius 1 is 1.28 bits per heavy atom. The maximum Gasteiger partial charge on any atom is 0.249 e. The van der Waals surface area contributed by atoms with Gasteiger partial charge in [-0.05, 0) is 43.5 Å². The first-order valence-electron chi connectivity index (χ1n) is 8.65. The number of ether oxygens (including phenoxy) is 1. The molecule has 0 atom stereocenters. The lowest BCUT2D eigenvalue weighted by Gasteiger charge is -2.22. The van der Waals surface area contributed by atoms with Crippen LogP contribution < -0.4 is 15.5 Å². The Labute approximate surface area is 147 Å². The maximum absolute atomic E-state index is 11.8. The summed E-state index contributed by atoms with van der Waals surface area (Å²) in [5, 5.41) is 16.3. The van der Waals surface area contributed by atoms with Crippen molar-refractivity contribution in [2.45, 2.75) is 51.5 Å². The predicted molar refractivity (Wildman–Crippen MR) is 94.6 cm³/mol. The third kappa shape index (κ3) is 6.45. The third-order valence-electron chi connectivity index (χ3n) is 3.98. The smallest absolute Gasteiger partial charge is 0.249 e. The minimum absolute atomic E-state index is 0.0439. The second-order valence-electron chi connectivity index (χ2n) is 6.03. The van der Waals surface area contributed by atoms with Crippen molar-refractivity contribution in [1.82, 2.24) is 10.7 Å². The number of carbonyl (C=O) groups is 2. The van der Waals surface area contributed by atoms with E-state index in [0.29, 0.717) is 17.9 Å². The number of nitrogens with zero attached hydrogens (tertiary/aromatic N) is 1. The van der Waals surface area contributed by atoms with Crippen LogP contribution in [0.3, 0.4) is 0 Å². The quantitative estimate of drug-likeness (QED) is 0.399. The number of aromatic hydroxyl groups is 1. The maximum atomic E-state index is 11.8. The fourth-order valence-corrected chi connectivity index (χ4v) is 2.77. The van der Waals surface area contributed by atoms with E-state index in [9.17, 15) is 14.7 Å². The van der Waals surface area contributed by atoms with Crippen LogP contribution in [0.25, 0.3) is 0 Å². The Balaban J connectivity index is 1.77. The molecule has 0 aliphatic heterocycles. The molecule has 2 rings (SSSR count). The molecular formula is C18H25N3O4. The molecule has 1 aliphatic carbocycles. The Morgan fingerprint density at radius 2 is 2.04 bits per heavy atom. The van der Waals surface area contributed by atoms with Crippen LogP contribution in [0.4, 0.5) is 0 Å². The number of rotatable bonds is 7. The lowest BCUT2D eigenvalue weighted by atomic mass is 9.95. The number of carbonyl (C=O) groups excluding carboxylic acids is 2. The van der Waals surface area contributed by atoms with Gasteiger partial charge in [-0.1, -0.05) is 19.3 Å². The average Bonchev–Trinajstić information content (AvgIpc) is 2.58. The third-order valence-corrected chi connectivity index (χ3v) is 3.98. The number of phenolic OH excluding ortho intramolecular Hbond substituents is 1. The molecule has 0 bridgehead atoms. The summed E-state index contributed by atoms with van der Waals surface area (Å²) in [5.41, 5.74) is 2.99. The topological polar surface area (TPSA) is 100 Å². The van der Waals surface area contributed by atoms with Crippen molar-refractivity contribution in [2.24, 2.45) is 5.10 Å². The fraction of sp³-hybridized carbons (Fsp3) is 0.500. The Morgan fingerprint density at radius 3 is 2.76 bits per heavy atom. The SMILES string of the molecule is CCOc1cc(C=NNC(=O)CC(=O)NC2CCCCC2)ccc1O. The molecule has 7 nitrogen and oxygen atoms in total. The number of phenols is 1. The molecular weight excluding hydrogens is 322 g/mol. The largest absolute Gasteiger partial charge is 0.504 e. The van der Waals surface area contributed by atoms with E-state index in [4.69, 9.17) is 4.74 Å². The first-order chi connectivity index (χ1) is 12.1. The second kappa shape index (κ2) is 9.66. The highest BCUT2D eigenvalue weighted by molar-refractivity contribution is 5.97. The van der Waals surface area contributed by atoms with Gasteiger partial charge in [-0.25, -0.2) is 5.43 Å². The van der Waals surface area contributed by atoms with E-state index in [1.54, 1.807) is 12.1 Å². The summed E-state index contributed by atoms with van der Waals surface area (Å²) in [6, 6.07) is 4.94. The molecule has 3 N–H and O–H groups in total. The van der Waals surface area contributed by atoms with Crippen LogP contribution >= 0.6 is 0 Å². The summed E-state index contributed by atoms with van der Waals surface area (Å²) in [5.74, 6) is -0.344. The van der Waals surface area contributed by atoms with Crippen LogP contribution in [-0.4, -0.2) is 35.8 Å². The average molecular weight is 347 g/mol. The molecule has 0 unspecified atom stereocenters. The zero-order chi connectivity index (χ0) is 18.1. The molecule has 1 fully saturated rings. The van der Waals surface area contributed by atoms with Crippen molar-refractivity contribution >= 4 is 18.0 Å². The van der Waals surface area contributed by atoms with E-state index < -0.39 is 5.91 Å². The number of nitrogens with one attached hydrogen (secondary N) is 2. The predicted octanol–water partition coefficient (Wildman–Crippen LogP) is 2.08. The van der Waals surface area contributed by atoms with Gasteiger partial charge in [0.1, 0.15) is 6.42 Å². The van der Waals surface area contributed by atoms with E-state index in [2.05, 4.69) is 15.8 Å². The molecule has 136 valence electrons. The molecule has 1 aliphatic rings. The van der Waals surface area contributed by atoms with Gasteiger partial charge in [-0.2, -0.15) is 5.10 Å². The van der Waals surface area contributed by atoms with Crippen molar-refractivity contribution in [3.63, 3.8) is 0 Å². The fourth-order valence-electron chi connectivity index (χ4n) is 2.77. The number of hydrogen-bond acceptors (Lipinski definition) is 5. The zero-order valence-electron chi connectivity index (χ0n) is 14.5. The van der Waals surface area contributed by atoms with Crippen LogP contribution in [0.2, 0.25) is 0 Å². The zero-order valence-corrected chi connectivity index (χ0v) is 14.5. The lowest BCUT2D eigenvalue weighted by molar-refractivity contribution is -0.129. The summed E-state index contributed by atoms with van der Waals surface area (Å²) >= 11 is 0. The lowest BCUT2D eigenvalue weighted by Crippen LogP contribution is -2.38. The van der Waals surface area contributed by atoms with E-state index in [1.165, 1.54) is 18.7 Å². The minimum Gasteiger partial charge on any atom is -0.504 e. The summed E-state index contributed by atoms with van der Waals surface area (Å²) < 4.78 is 5.28. The van der Waals surface area contributed by atoms with Gasteiger partial charge in [-0.3, -0.25) is 9.59 Å². The van der Waals surface area contributed by atoms with E-state index >= 15 is 0 Å². The van der Waals surface area contributed by atoms with Gasteiger partial charge in [0.25, 0.3) is 0 Å². The Bertz CT molecular complexity index is 625. The van der Waals surface area contributed by atoms with Crippen molar-refractivity contribution in [1.29, 1.82) is 0 Å². The van der Waals surface area contributed by atoms with Gasteiger partial charge in [0.15, 0.2) is 11.5 Å².